The fraction of sp³-hybridized carbons (Fsp3) is 0.111. The number of anilines is 1. The molecule has 0 saturated heterocycles. The minimum Gasteiger partial charge on any atom is -0.398 e. The second kappa shape index (κ2) is 5.36. The lowest BCUT2D eigenvalue weighted by molar-refractivity contribution is -0.117. The van der Waals surface area contributed by atoms with Crippen molar-refractivity contribution in [1.82, 2.24) is 5.32 Å². The molecular formula is C9H10BrN3O4S. The third-order valence-corrected chi connectivity index (χ3v) is 4.07. The van der Waals surface area contributed by atoms with Crippen LogP contribution < -0.4 is 16.8 Å². The van der Waals surface area contributed by atoms with Crippen LogP contribution >= 0.6 is 15.9 Å². The molecule has 0 aliphatic carbocycles. The van der Waals surface area contributed by atoms with Crippen molar-refractivity contribution in [3.63, 3.8) is 0 Å². The first kappa shape index (κ1) is 14.5. The van der Waals surface area contributed by atoms with E-state index in [1.807, 2.05) is 0 Å². The Kier molecular flexibility index (Phi) is 4.30. The average Bonchev–Trinajstić information content (AvgIpc) is 2.13. The van der Waals surface area contributed by atoms with Gasteiger partial charge in [-0.05, 0) is 18.2 Å². The summed E-state index contributed by atoms with van der Waals surface area (Å²) in [6, 6.07) is 3.04. The number of carbonyl (C=O) groups excluding carboxylic acids is 2. The first-order valence-electron chi connectivity index (χ1n) is 4.59. The number of urea groups is 1. The summed E-state index contributed by atoms with van der Waals surface area (Å²) in [7, 11) is -3.92. The Morgan fingerprint density at radius 2 is 1.94 bits per heavy atom. The highest BCUT2D eigenvalue weighted by Crippen LogP contribution is 2.23. The Labute approximate surface area is 112 Å². The van der Waals surface area contributed by atoms with E-state index >= 15 is 0 Å². The van der Waals surface area contributed by atoms with Crippen molar-refractivity contribution in [2.24, 2.45) is 5.73 Å². The monoisotopic (exact) mass is 335 g/mol. The van der Waals surface area contributed by atoms with Gasteiger partial charge < -0.3 is 11.5 Å². The molecule has 1 aromatic rings. The summed E-state index contributed by atoms with van der Waals surface area (Å²) in [6.07, 6.45) is 0. The predicted molar refractivity (Wildman–Crippen MR) is 68.3 cm³/mol. The summed E-state index contributed by atoms with van der Waals surface area (Å²) in [5.74, 6) is -1.91. The number of nitrogens with one attached hydrogen (secondary N) is 1. The highest BCUT2D eigenvalue weighted by atomic mass is 79.9. The van der Waals surface area contributed by atoms with Gasteiger partial charge in [0.2, 0.25) is 5.91 Å². The molecule has 0 unspecified atom stereocenters. The van der Waals surface area contributed by atoms with E-state index in [1.54, 1.807) is 5.32 Å². The van der Waals surface area contributed by atoms with E-state index in [4.69, 9.17) is 11.5 Å². The van der Waals surface area contributed by atoms with Crippen molar-refractivity contribution >= 4 is 43.4 Å². The van der Waals surface area contributed by atoms with Crippen LogP contribution in [0.2, 0.25) is 0 Å². The van der Waals surface area contributed by atoms with E-state index in [0.29, 0.717) is 4.47 Å². The summed E-state index contributed by atoms with van der Waals surface area (Å²) < 4.78 is 24.3. The molecule has 0 aliphatic heterocycles. The van der Waals surface area contributed by atoms with Crippen molar-refractivity contribution in [1.29, 1.82) is 0 Å². The second-order valence-corrected chi connectivity index (χ2v) is 6.23. The molecule has 0 fully saturated rings. The molecule has 98 valence electrons. The molecule has 0 heterocycles. The first-order valence-corrected chi connectivity index (χ1v) is 7.04. The van der Waals surface area contributed by atoms with Crippen LogP contribution in [0.25, 0.3) is 0 Å². The number of hydrogen-bond donors (Lipinski definition) is 3. The minimum atomic E-state index is -3.92. The molecule has 7 nitrogen and oxygen atoms in total. The van der Waals surface area contributed by atoms with Crippen LogP contribution in [0.3, 0.4) is 0 Å². The lowest BCUT2D eigenvalue weighted by Gasteiger charge is -2.07. The zero-order chi connectivity index (χ0) is 13.9. The van der Waals surface area contributed by atoms with Crippen LogP contribution in [-0.2, 0) is 14.6 Å². The smallest absolute Gasteiger partial charge is 0.318 e. The standard InChI is InChI=1S/C9H10BrN3O4S/c10-5-1-2-7(6(11)3-5)18(16,17)4-8(14)13-9(12)15/h1-3H,4,11H2,(H3,12,13,14,15). The number of halogens is 1. The maximum atomic E-state index is 11.8. The van der Waals surface area contributed by atoms with Gasteiger partial charge in [0.1, 0.15) is 5.75 Å². The molecule has 0 atom stereocenters. The van der Waals surface area contributed by atoms with E-state index < -0.39 is 27.5 Å². The summed E-state index contributed by atoms with van der Waals surface area (Å²) in [5.41, 5.74) is 10.3. The zero-order valence-corrected chi connectivity index (χ0v) is 11.4. The predicted octanol–water partition coefficient (Wildman–Crippen LogP) is -0.0001000. The summed E-state index contributed by atoms with van der Waals surface area (Å²) in [5, 5.41) is 1.67. The lowest BCUT2D eigenvalue weighted by Crippen LogP contribution is -2.38. The molecule has 0 spiro atoms. The van der Waals surface area contributed by atoms with Crippen LogP contribution in [0.5, 0.6) is 0 Å². The lowest BCUT2D eigenvalue weighted by atomic mass is 10.3. The van der Waals surface area contributed by atoms with Gasteiger partial charge in [-0.1, -0.05) is 15.9 Å². The van der Waals surface area contributed by atoms with Gasteiger partial charge in [0.05, 0.1) is 10.6 Å². The summed E-state index contributed by atoms with van der Waals surface area (Å²) in [4.78, 5) is 21.4. The number of rotatable bonds is 3. The van der Waals surface area contributed by atoms with Gasteiger partial charge in [0.15, 0.2) is 9.84 Å². The van der Waals surface area contributed by atoms with Crippen LogP contribution in [-0.4, -0.2) is 26.1 Å². The number of primary amides is 1. The van der Waals surface area contributed by atoms with E-state index in [-0.39, 0.29) is 10.6 Å². The molecule has 9 heteroatoms. The van der Waals surface area contributed by atoms with E-state index in [0.717, 1.165) is 0 Å². The Bertz CT molecular complexity index is 600. The van der Waals surface area contributed by atoms with Crippen molar-refractivity contribution in [3.05, 3.63) is 22.7 Å². The molecule has 18 heavy (non-hydrogen) atoms. The number of imide groups is 1. The van der Waals surface area contributed by atoms with Gasteiger partial charge in [0.25, 0.3) is 0 Å². The van der Waals surface area contributed by atoms with Crippen molar-refractivity contribution < 1.29 is 18.0 Å². The normalized spacial score (nSPS) is 10.9. The van der Waals surface area contributed by atoms with E-state index in [1.165, 1.54) is 18.2 Å². The van der Waals surface area contributed by atoms with Crippen molar-refractivity contribution in [2.45, 2.75) is 4.90 Å². The molecule has 0 saturated carbocycles. The number of carbonyl (C=O) groups is 2. The number of sulfone groups is 1. The minimum absolute atomic E-state index is 0.0104. The molecule has 3 amide bonds. The largest absolute Gasteiger partial charge is 0.398 e. The van der Waals surface area contributed by atoms with Crippen LogP contribution in [0.1, 0.15) is 0 Å². The van der Waals surface area contributed by atoms with Gasteiger partial charge in [0, 0.05) is 4.47 Å². The van der Waals surface area contributed by atoms with E-state index in [9.17, 15) is 18.0 Å². The Morgan fingerprint density at radius 1 is 1.33 bits per heavy atom. The fourth-order valence-electron chi connectivity index (χ4n) is 1.23. The Hall–Kier alpha value is -1.61. The Balaban J connectivity index is 3.00. The fourth-order valence-corrected chi connectivity index (χ4v) is 2.87. The summed E-state index contributed by atoms with van der Waals surface area (Å²) >= 11 is 3.13. The molecule has 0 radical (unpaired) electrons. The molecule has 0 bridgehead atoms. The maximum absolute atomic E-state index is 11.8. The average molecular weight is 336 g/mol. The molecule has 0 aromatic heterocycles. The maximum Gasteiger partial charge on any atom is 0.318 e. The number of nitrogens with two attached hydrogens (primary N) is 2. The molecule has 1 rings (SSSR count). The van der Waals surface area contributed by atoms with Gasteiger partial charge in [-0.15, -0.1) is 0 Å². The number of amides is 3. The zero-order valence-electron chi connectivity index (χ0n) is 9.01. The van der Waals surface area contributed by atoms with Crippen LogP contribution in [0.4, 0.5) is 10.5 Å². The quantitative estimate of drug-likeness (QED) is 0.668. The second-order valence-electron chi connectivity index (χ2n) is 3.35. The third kappa shape index (κ3) is 3.70. The highest BCUT2D eigenvalue weighted by molar-refractivity contribution is 9.10. The first-order chi connectivity index (χ1) is 8.22. The topological polar surface area (TPSA) is 132 Å². The molecule has 5 N–H and O–H groups in total. The van der Waals surface area contributed by atoms with Crippen LogP contribution in [0, 0.1) is 0 Å². The van der Waals surface area contributed by atoms with Gasteiger partial charge in [-0.3, -0.25) is 10.1 Å². The van der Waals surface area contributed by atoms with Gasteiger partial charge >= 0.3 is 6.03 Å². The SMILES string of the molecule is NC(=O)NC(=O)CS(=O)(=O)c1ccc(Br)cc1N. The molecule has 0 aliphatic rings. The molecular weight excluding hydrogens is 326 g/mol. The third-order valence-electron chi connectivity index (χ3n) is 1.89. The number of hydrogen-bond acceptors (Lipinski definition) is 5. The van der Waals surface area contributed by atoms with Crippen molar-refractivity contribution in [3.8, 4) is 0 Å². The van der Waals surface area contributed by atoms with Gasteiger partial charge in [-0.25, -0.2) is 13.2 Å². The Morgan fingerprint density at radius 3 is 2.44 bits per heavy atom. The van der Waals surface area contributed by atoms with Crippen molar-refractivity contribution in [2.75, 3.05) is 11.5 Å². The van der Waals surface area contributed by atoms with Crippen LogP contribution in [0.15, 0.2) is 27.6 Å². The number of benzene rings is 1. The van der Waals surface area contributed by atoms with Gasteiger partial charge in [-0.2, -0.15) is 0 Å². The highest BCUT2D eigenvalue weighted by Gasteiger charge is 2.22. The number of nitrogen functional groups attached to an aromatic ring is 1. The molecule has 1 aromatic carbocycles. The summed E-state index contributed by atoms with van der Waals surface area (Å²) in [6.45, 7) is 0. The van der Waals surface area contributed by atoms with E-state index in [2.05, 4.69) is 15.9 Å².